The second kappa shape index (κ2) is 5.45. The molecular formula is C11H16BrClN2O2S. The molecule has 4 nitrogen and oxygen atoms in total. The summed E-state index contributed by atoms with van der Waals surface area (Å²) in [5, 5.41) is 0.234. The minimum Gasteiger partial charge on any atom is -0.242 e. The molecule has 1 atom stereocenters. The van der Waals surface area contributed by atoms with Crippen LogP contribution in [0, 0.1) is 5.41 Å². The SMILES string of the molecule is C[C@@H](NS(=O)(=O)c1cnc(Cl)c(Br)c1)C(C)(C)C. The molecule has 0 aliphatic rings. The molecular weight excluding hydrogens is 340 g/mol. The van der Waals surface area contributed by atoms with Crippen LogP contribution < -0.4 is 4.72 Å². The number of halogens is 2. The van der Waals surface area contributed by atoms with Crippen molar-refractivity contribution in [2.45, 2.75) is 38.6 Å². The molecule has 102 valence electrons. The van der Waals surface area contributed by atoms with Crippen LogP contribution in [0.5, 0.6) is 0 Å². The molecule has 0 radical (unpaired) electrons. The number of hydrogen-bond acceptors (Lipinski definition) is 3. The molecule has 0 aliphatic carbocycles. The fourth-order valence-electron chi connectivity index (χ4n) is 1.03. The van der Waals surface area contributed by atoms with Gasteiger partial charge in [0.05, 0.1) is 4.47 Å². The predicted molar refractivity (Wildman–Crippen MR) is 76.2 cm³/mol. The molecule has 0 spiro atoms. The summed E-state index contributed by atoms with van der Waals surface area (Å²) in [6, 6.07) is 1.24. The van der Waals surface area contributed by atoms with Crippen molar-refractivity contribution in [3.63, 3.8) is 0 Å². The molecule has 0 aromatic carbocycles. The molecule has 0 saturated heterocycles. The lowest BCUT2D eigenvalue weighted by Crippen LogP contribution is -2.41. The van der Waals surface area contributed by atoms with Crippen LogP contribution in [0.15, 0.2) is 21.6 Å². The van der Waals surface area contributed by atoms with Gasteiger partial charge in [0, 0.05) is 12.2 Å². The number of nitrogens with one attached hydrogen (secondary N) is 1. The van der Waals surface area contributed by atoms with Crippen molar-refractivity contribution >= 4 is 37.6 Å². The monoisotopic (exact) mass is 354 g/mol. The molecule has 0 fully saturated rings. The minimum absolute atomic E-state index is 0.0925. The van der Waals surface area contributed by atoms with Crippen molar-refractivity contribution < 1.29 is 8.42 Å². The maximum Gasteiger partial charge on any atom is 0.242 e. The molecule has 1 rings (SSSR count). The van der Waals surface area contributed by atoms with Gasteiger partial charge < -0.3 is 0 Å². The van der Waals surface area contributed by atoms with Crippen molar-refractivity contribution in [2.24, 2.45) is 5.41 Å². The van der Waals surface area contributed by atoms with Gasteiger partial charge in [-0.1, -0.05) is 32.4 Å². The zero-order chi connectivity index (χ0) is 14.1. The molecule has 1 heterocycles. The Morgan fingerprint density at radius 1 is 1.44 bits per heavy atom. The van der Waals surface area contributed by atoms with Gasteiger partial charge in [0.25, 0.3) is 0 Å². The summed E-state index contributed by atoms with van der Waals surface area (Å²) in [6.07, 6.45) is 1.24. The van der Waals surface area contributed by atoms with E-state index in [0.717, 1.165) is 0 Å². The van der Waals surface area contributed by atoms with E-state index >= 15 is 0 Å². The Morgan fingerprint density at radius 2 is 2.00 bits per heavy atom. The molecule has 1 N–H and O–H groups in total. The summed E-state index contributed by atoms with van der Waals surface area (Å²) in [5.41, 5.74) is -0.163. The van der Waals surface area contributed by atoms with Crippen molar-refractivity contribution in [2.75, 3.05) is 0 Å². The molecule has 0 saturated carbocycles. The van der Waals surface area contributed by atoms with E-state index in [-0.39, 0.29) is 21.5 Å². The highest BCUT2D eigenvalue weighted by Gasteiger charge is 2.26. The highest BCUT2D eigenvalue weighted by Crippen LogP contribution is 2.24. The first kappa shape index (κ1) is 15.9. The van der Waals surface area contributed by atoms with Gasteiger partial charge in [0.15, 0.2) is 0 Å². The minimum atomic E-state index is -3.58. The third-order valence-electron chi connectivity index (χ3n) is 2.71. The van der Waals surface area contributed by atoms with Crippen molar-refractivity contribution in [3.05, 3.63) is 21.9 Å². The molecule has 0 bridgehead atoms. The van der Waals surface area contributed by atoms with Crippen LogP contribution in [-0.4, -0.2) is 19.4 Å². The van der Waals surface area contributed by atoms with Gasteiger partial charge >= 0.3 is 0 Å². The first-order chi connectivity index (χ1) is 8.04. The van der Waals surface area contributed by atoms with Crippen LogP contribution in [0.4, 0.5) is 0 Å². The molecule has 0 aliphatic heterocycles. The Bertz CT molecular complexity index is 540. The normalized spacial score (nSPS) is 14.6. The Labute approximate surface area is 121 Å². The van der Waals surface area contributed by atoms with Crippen LogP contribution in [0.25, 0.3) is 0 Å². The van der Waals surface area contributed by atoms with Crippen LogP contribution in [0.1, 0.15) is 27.7 Å². The van der Waals surface area contributed by atoms with E-state index in [4.69, 9.17) is 11.6 Å². The van der Waals surface area contributed by atoms with E-state index < -0.39 is 10.0 Å². The summed E-state index contributed by atoms with van der Waals surface area (Å²) < 4.78 is 27.4. The Hall–Kier alpha value is -0.170. The zero-order valence-corrected chi connectivity index (χ0v) is 13.8. The van der Waals surface area contributed by atoms with Gasteiger partial charge in [0.2, 0.25) is 10.0 Å². The average molecular weight is 356 g/mol. The Kier molecular flexibility index (Phi) is 4.81. The maximum atomic E-state index is 12.1. The fourth-order valence-corrected chi connectivity index (χ4v) is 3.05. The van der Waals surface area contributed by atoms with Gasteiger partial charge in [-0.15, -0.1) is 0 Å². The average Bonchev–Trinajstić information content (AvgIpc) is 2.19. The summed E-state index contributed by atoms with van der Waals surface area (Å²) >= 11 is 8.89. The smallest absolute Gasteiger partial charge is 0.242 e. The third-order valence-corrected chi connectivity index (χ3v) is 5.35. The molecule has 0 unspecified atom stereocenters. The first-order valence-electron chi connectivity index (χ1n) is 5.37. The Morgan fingerprint density at radius 3 is 2.44 bits per heavy atom. The van der Waals surface area contributed by atoms with E-state index in [1.807, 2.05) is 27.7 Å². The van der Waals surface area contributed by atoms with E-state index in [1.165, 1.54) is 12.3 Å². The predicted octanol–water partition coefficient (Wildman–Crippen LogP) is 3.21. The standard InChI is InChI=1S/C11H16BrClN2O2S/c1-7(11(2,3)4)15-18(16,17)8-5-9(12)10(13)14-6-8/h5-7,15H,1-4H3/t7-/m1/s1. The zero-order valence-electron chi connectivity index (χ0n) is 10.7. The number of aromatic nitrogens is 1. The largest absolute Gasteiger partial charge is 0.242 e. The van der Waals surface area contributed by atoms with Crippen LogP contribution >= 0.6 is 27.5 Å². The van der Waals surface area contributed by atoms with Gasteiger partial charge in [-0.2, -0.15) is 0 Å². The van der Waals surface area contributed by atoms with Gasteiger partial charge in [-0.05, 0) is 34.3 Å². The van der Waals surface area contributed by atoms with E-state index in [9.17, 15) is 8.42 Å². The molecule has 1 aromatic rings. The van der Waals surface area contributed by atoms with Gasteiger partial charge in [0.1, 0.15) is 10.0 Å². The van der Waals surface area contributed by atoms with E-state index in [0.29, 0.717) is 4.47 Å². The fraction of sp³-hybridized carbons (Fsp3) is 0.545. The number of pyridine rings is 1. The second-order valence-electron chi connectivity index (χ2n) is 5.15. The van der Waals surface area contributed by atoms with Crippen LogP contribution in [-0.2, 0) is 10.0 Å². The lowest BCUT2D eigenvalue weighted by Gasteiger charge is -2.27. The van der Waals surface area contributed by atoms with Gasteiger partial charge in [-0.3, -0.25) is 0 Å². The van der Waals surface area contributed by atoms with Crippen molar-refractivity contribution in [1.29, 1.82) is 0 Å². The lowest BCUT2D eigenvalue weighted by molar-refractivity contribution is 0.317. The van der Waals surface area contributed by atoms with Gasteiger partial charge in [-0.25, -0.2) is 18.1 Å². The van der Waals surface area contributed by atoms with Crippen LogP contribution in [0.2, 0.25) is 5.15 Å². The van der Waals surface area contributed by atoms with Crippen LogP contribution in [0.3, 0.4) is 0 Å². The first-order valence-corrected chi connectivity index (χ1v) is 8.03. The number of sulfonamides is 1. The molecule has 18 heavy (non-hydrogen) atoms. The topological polar surface area (TPSA) is 59.1 Å². The highest BCUT2D eigenvalue weighted by molar-refractivity contribution is 9.10. The lowest BCUT2D eigenvalue weighted by atomic mass is 9.89. The highest BCUT2D eigenvalue weighted by atomic mass is 79.9. The van der Waals surface area contributed by atoms with E-state index in [2.05, 4.69) is 25.6 Å². The summed E-state index contributed by atoms with van der Waals surface area (Å²) in [5.74, 6) is 0. The molecule has 7 heteroatoms. The number of nitrogens with zero attached hydrogens (tertiary/aromatic N) is 1. The van der Waals surface area contributed by atoms with E-state index in [1.54, 1.807) is 0 Å². The number of hydrogen-bond donors (Lipinski definition) is 1. The third kappa shape index (κ3) is 3.91. The summed E-state index contributed by atoms with van der Waals surface area (Å²) in [6.45, 7) is 7.73. The maximum absolute atomic E-state index is 12.1. The molecule has 1 aromatic heterocycles. The second-order valence-corrected chi connectivity index (χ2v) is 8.08. The summed E-state index contributed by atoms with van der Waals surface area (Å²) in [4.78, 5) is 3.91. The Balaban J connectivity index is 3.04. The quantitative estimate of drug-likeness (QED) is 0.847. The molecule has 0 amide bonds. The number of rotatable bonds is 3. The van der Waals surface area contributed by atoms with Crippen molar-refractivity contribution in [1.82, 2.24) is 9.71 Å². The van der Waals surface area contributed by atoms with Crippen molar-refractivity contribution in [3.8, 4) is 0 Å². The summed E-state index contributed by atoms with van der Waals surface area (Å²) in [7, 11) is -3.58.